The lowest BCUT2D eigenvalue weighted by Crippen LogP contribution is -2.06. The predicted molar refractivity (Wildman–Crippen MR) is 66.0 cm³/mol. The van der Waals surface area contributed by atoms with Crippen LogP contribution >= 0.6 is 0 Å². The van der Waals surface area contributed by atoms with Crippen molar-refractivity contribution in [2.75, 3.05) is 5.73 Å². The fraction of sp³-hybridized carbons (Fsp3) is 0.143. The fourth-order valence-electron chi connectivity index (χ4n) is 1.76. The first-order valence-corrected chi connectivity index (χ1v) is 5.52. The van der Waals surface area contributed by atoms with Crippen molar-refractivity contribution in [3.63, 3.8) is 0 Å². The van der Waals surface area contributed by atoms with Crippen LogP contribution < -0.4 is 5.73 Å². The Morgan fingerprint density at radius 1 is 1.00 bits per heavy atom. The lowest BCUT2D eigenvalue weighted by atomic mass is 10.0. The first-order valence-electron chi connectivity index (χ1n) is 5.52. The second kappa shape index (κ2) is 4.57. The second-order valence-electron chi connectivity index (χ2n) is 4.26. The molecule has 0 radical (unpaired) electrons. The Balaban J connectivity index is 2.49. The van der Waals surface area contributed by atoms with Crippen LogP contribution in [0.25, 0.3) is 11.1 Å². The average molecular weight is 269 g/mol. The number of hydrogen-bond acceptors (Lipinski definition) is 1. The summed E-state index contributed by atoms with van der Waals surface area (Å²) in [6.45, 7) is 1.61. The summed E-state index contributed by atoms with van der Waals surface area (Å²) in [5, 5.41) is 0. The van der Waals surface area contributed by atoms with Gasteiger partial charge in [0.25, 0.3) is 0 Å². The molecule has 100 valence electrons. The molecule has 0 heterocycles. The van der Waals surface area contributed by atoms with Crippen LogP contribution in [-0.2, 0) is 6.18 Å². The Bertz CT molecular complexity index is 617. The van der Waals surface area contributed by atoms with Gasteiger partial charge in [-0.15, -0.1) is 0 Å². The fourth-order valence-corrected chi connectivity index (χ4v) is 1.76. The van der Waals surface area contributed by atoms with E-state index in [1.807, 2.05) is 0 Å². The highest BCUT2D eigenvalue weighted by Gasteiger charge is 2.30. The number of hydrogen-bond donors (Lipinski definition) is 1. The van der Waals surface area contributed by atoms with Gasteiger partial charge in [-0.3, -0.25) is 0 Å². The highest BCUT2D eigenvalue weighted by molar-refractivity contribution is 5.77. The molecule has 2 N–H and O–H groups in total. The van der Waals surface area contributed by atoms with E-state index in [1.54, 1.807) is 19.1 Å². The Hall–Kier alpha value is -2.04. The third-order valence-corrected chi connectivity index (χ3v) is 2.86. The zero-order valence-electron chi connectivity index (χ0n) is 10.1. The van der Waals surface area contributed by atoms with Gasteiger partial charge in [-0.25, -0.2) is 4.39 Å². The summed E-state index contributed by atoms with van der Waals surface area (Å²) in [5.74, 6) is -0.420. The summed E-state index contributed by atoms with van der Waals surface area (Å²) in [5.41, 5.74) is 6.07. The van der Waals surface area contributed by atoms with Gasteiger partial charge in [-0.05, 0) is 36.2 Å². The Labute approximate surface area is 107 Å². The summed E-state index contributed by atoms with van der Waals surface area (Å²) in [4.78, 5) is 0. The van der Waals surface area contributed by atoms with Crippen molar-refractivity contribution >= 4 is 5.69 Å². The molecular formula is C14H11F4N. The molecule has 1 nitrogen and oxygen atoms in total. The van der Waals surface area contributed by atoms with Gasteiger partial charge in [0.2, 0.25) is 0 Å². The van der Waals surface area contributed by atoms with Crippen LogP contribution in [0.2, 0.25) is 0 Å². The molecule has 0 amide bonds. The molecule has 0 aliphatic rings. The maximum atomic E-state index is 13.4. The Morgan fingerprint density at radius 2 is 1.68 bits per heavy atom. The molecule has 19 heavy (non-hydrogen) atoms. The van der Waals surface area contributed by atoms with Crippen molar-refractivity contribution in [1.29, 1.82) is 0 Å². The monoisotopic (exact) mass is 269 g/mol. The second-order valence-corrected chi connectivity index (χ2v) is 4.26. The number of nitrogens with two attached hydrogens (primary N) is 1. The topological polar surface area (TPSA) is 26.0 Å². The molecule has 0 bridgehead atoms. The minimum Gasteiger partial charge on any atom is -0.398 e. The van der Waals surface area contributed by atoms with Crippen molar-refractivity contribution < 1.29 is 17.6 Å². The summed E-state index contributed by atoms with van der Waals surface area (Å²) in [6, 6.07) is 7.48. The maximum absolute atomic E-state index is 13.4. The number of nitrogen functional groups attached to an aromatic ring is 1. The standard InChI is InChI=1S/C14H11F4N/c1-8-2-3-9(6-12(8)15)11-5-4-10(7-13(11)19)14(16,17)18/h2-7H,19H2,1H3. The van der Waals surface area contributed by atoms with Crippen LogP contribution in [0.5, 0.6) is 0 Å². The van der Waals surface area contributed by atoms with Crippen LogP contribution in [0.1, 0.15) is 11.1 Å². The maximum Gasteiger partial charge on any atom is 0.416 e. The first-order chi connectivity index (χ1) is 8.79. The quantitative estimate of drug-likeness (QED) is 0.602. The molecule has 0 aromatic heterocycles. The number of rotatable bonds is 1. The molecule has 0 aliphatic carbocycles. The Kier molecular flexibility index (Phi) is 3.22. The molecule has 5 heteroatoms. The van der Waals surface area contributed by atoms with E-state index < -0.39 is 17.6 Å². The summed E-state index contributed by atoms with van der Waals surface area (Å²) >= 11 is 0. The van der Waals surface area contributed by atoms with E-state index in [0.29, 0.717) is 16.7 Å². The van der Waals surface area contributed by atoms with E-state index in [4.69, 9.17) is 5.73 Å². The molecule has 0 saturated carbocycles. The van der Waals surface area contributed by atoms with Crippen molar-refractivity contribution in [3.05, 3.63) is 53.3 Å². The molecule has 0 fully saturated rings. The SMILES string of the molecule is Cc1ccc(-c2ccc(C(F)(F)F)cc2N)cc1F. The molecule has 0 atom stereocenters. The van der Waals surface area contributed by atoms with Gasteiger partial charge in [0.05, 0.1) is 5.56 Å². The van der Waals surface area contributed by atoms with Crippen LogP contribution in [0.15, 0.2) is 36.4 Å². The van der Waals surface area contributed by atoms with Gasteiger partial charge in [-0.1, -0.05) is 18.2 Å². The molecule has 0 spiro atoms. The zero-order valence-corrected chi connectivity index (χ0v) is 10.1. The first kappa shape index (κ1) is 13.4. The number of benzene rings is 2. The van der Waals surface area contributed by atoms with Crippen molar-refractivity contribution in [2.45, 2.75) is 13.1 Å². The third-order valence-electron chi connectivity index (χ3n) is 2.86. The van der Waals surface area contributed by atoms with Crippen molar-refractivity contribution in [1.82, 2.24) is 0 Å². The lowest BCUT2D eigenvalue weighted by Gasteiger charge is -2.11. The number of aryl methyl sites for hydroxylation is 1. The third kappa shape index (κ3) is 2.70. The van der Waals surface area contributed by atoms with E-state index in [9.17, 15) is 17.6 Å². The number of anilines is 1. The number of alkyl halides is 3. The van der Waals surface area contributed by atoms with E-state index >= 15 is 0 Å². The van der Waals surface area contributed by atoms with Crippen LogP contribution in [-0.4, -0.2) is 0 Å². The molecule has 0 saturated heterocycles. The minimum absolute atomic E-state index is 0.0296. The zero-order chi connectivity index (χ0) is 14.2. The average Bonchev–Trinajstić information content (AvgIpc) is 2.31. The van der Waals surface area contributed by atoms with Gasteiger partial charge >= 0.3 is 6.18 Å². The number of halogens is 4. The van der Waals surface area contributed by atoms with Gasteiger partial charge in [0, 0.05) is 11.3 Å². The molecule has 2 aromatic carbocycles. The largest absolute Gasteiger partial charge is 0.416 e. The molecule has 0 aliphatic heterocycles. The minimum atomic E-state index is -4.44. The van der Waals surface area contributed by atoms with Crippen LogP contribution in [0.3, 0.4) is 0 Å². The van der Waals surface area contributed by atoms with Crippen molar-refractivity contribution in [3.8, 4) is 11.1 Å². The predicted octanol–water partition coefficient (Wildman–Crippen LogP) is 4.40. The molecule has 0 unspecified atom stereocenters. The van der Waals surface area contributed by atoms with Gasteiger partial charge in [0.1, 0.15) is 5.82 Å². The normalized spacial score (nSPS) is 11.6. The van der Waals surface area contributed by atoms with Gasteiger partial charge in [0.15, 0.2) is 0 Å². The van der Waals surface area contributed by atoms with Crippen molar-refractivity contribution in [2.24, 2.45) is 0 Å². The molecule has 2 rings (SSSR count). The summed E-state index contributed by atoms with van der Waals surface area (Å²) < 4.78 is 51.0. The highest BCUT2D eigenvalue weighted by atomic mass is 19.4. The van der Waals surface area contributed by atoms with Crippen LogP contribution in [0.4, 0.5) is 23.2 Å². The molecule has 2 aromatic rings. The summed E-state index contributed by atoms with van der Waals surface area (Å²) in [6.07, 6.45) is -4.44. The van der Waals surface area contributed by atoms with Gasteiger partial charge in [-0.2, -0.15) is 13.2 Å². The highest BCUT2D eigenvalue weighted by Crippen LogP contribution is 2.34. The van der Waals surface area contributed by atoms with E-state index in [0.717, 1.165) is 12.1 Å². The van der Waals surface area contributed by atoms with Gasteiger partial charge < -0.3 is 5.73 Å². The van der Waals surface area contributed by atoms with E-state index in [1.165, 1.54) is 12.1 Å². The van der Waals surface area contributed by atoms with E-state index in [-0.39, 0.29) is 5.69 Å². The lowest BCUT2D eigenvalue weighted by molar-refractivity contribution is -0.137. The van der Waals surface area contributed by atoms with Crippen LogP contribution in [0, 0.1) is 12.7 Å². The Morgan fingerprint density at radius 3 is 2.21 bits per heavy atom. The summed E-state index contributed by atoms with van der Waals surface area (Å²) in [7, 11) is 0. The molecular weight excluding hydrogens is 258 g/mol. The van der Waals surface area contributed by atoms with E-state index in [2.05, 4.69) is 0 Å². The smallest absolute Gasteiger partial charge is 0.398 e.